The number of hydrogen-bond donors (Lipinski definition) is 0. The Kier molecular flexibility index (Phi) is 7.33. The highest BCUT2D eigenvalue weighted by Crippen LogP contribution is 2.28. The van der Waals surface area contributed by atoms with Gasteiger partial charge >= 0.3 is 0 Å². The first-order chi connectivity index (χ1) is 12.2. The second kappa shape index (κ2) is 9.72. The molecule has 2 aromatic rings. The zero-order valence-electron chi connectivity index (χ0n) is 15.3. The van der Waals surface area contributed by atoms with Gasteiger partial charge in [-0.25, -0.2) is 0 Å². The molecule has 4 nitrogen and oxygen atoms in total. The minimum atomic E-state index is 0.188. The molecule has 0 saturated carbocycles. The molecular weight excluding hydrogens is 314 g/mol. The van der Waals surface area contributed by atoms with Crippen LogP contribution < -0.4 is 9.47 Å². The van der Waals surface area contributed by atoms with Gasteiger partial charge in [0, 0.05) is 19.5 Å². The van der Waals surface area contributed by atoms with Gasteiger partial charge < -0.3 is 14.4 Å². The fourth-order valence-electron chi connectivity index (χ4n) is 2.81. The summed E-state index contributed by atoms with van der Waals surface area (Å²) in [5.41, 5.74) is 2.33. The quantitative estimate of drug-likeness (QED) is 0.698. The SMILES string of the molecule is CCN(CCc1ccccc1)C(=O)CCc1ccc(OC)c(OC)c1. The van der Waals surface area contributed by atoms with E-state index in [1.807, 2.05) is 48.2 Å². The minimum Gasteiger partial charge on any atom is -0.493 e. The van der Waals surface area contributed by atoms with Gasteiger partial charge in [0.05, 0.1) is 14.2 Å². The van der Waals surface area contributed by atoms with Crippen molar-refractivity contribution in [3.63, 3.8) is 0 Å². The van der Waals surface area contributed by atoms with Crippen LogP contribution in [0.1, 0.15) is 24.5 Å². The summed E-state index contributed by atoms with van der Waals surface area (Å²) in [7, 11) is 3.24. The van der Waals surface area contributed by atoms with Gasteiger partial charge in [0.2, 0.25) is 5.91 Å². The van der Waals surface area contributed by atoms with E-state index in [2.05, 4.69) is 12.1 Å². The van der Waals surface area contributed by atoms with E-state index in [-0.39, 0.29) is 5.91 Å². The highest BCUT2D eigenvalue weighted by molar-refractivity contribution is 5.76. The van der Waals surface area contributed by atoms with Crippen LogP contribution in [0.3, 0.4) is 0 Å². The smallest absolute Gasteiger partial charge is 0.222 e. The zero-order valence-corrected chi connectivity index (χ0v) is 15.3. The molecule has 0 spiro atoms. The van der Waals surface area contributed by atoms with Crippen molar-refractivity contribution < 1.29 is 14.3 Å². The summed E-state index contributed by atoms with van der Waals surface area (Å²) < 4.78 is 10.6. The third-order valence-corrected chi connectivity index (χ3v) is 4.32. The molecule has 25 heavy (non-hydrogen) atoms. The number of nitrogens with zero attached hydrogens (tertiary/aromatic N) is 1. The highest BCUT2D eigenvalue weighted by atomic mass is 16.5. The number of rotatable bonds is 9. The Morgan fingerprint density at radius 2 is 1.64 bits per heavy atom. The van der Waals surface area contributed by atoms with Crippen molar-refractivity contribution in [2.24, 2.45) is 0 Å². The average Bonchev–Trinajstić information content (AvgIpc) is 2.67. The maximum Gasteiger partial charge on any atom is 0.222 e. The van der Waals surface area contributed by atoms with E-state index >= 15 is 0 Å². The van der Waals surface area contributed by atoms with Crippen molar-refractivity contribution in [1.82, 2.24) is 4.90 Å². The highest BCUT2D eigenvalue weighted by Gasteiger charge is 2.12. The lowest BCUT2D eigenvalue weighted by Crippen LogP contribution is -2.32. The maximum atomic E-state index is 12.5. The molecule has 0 aliphatic rings. The Morgan fingerprint density at radius 1 is 0.920 bits per heavy atom. The van der Waals surface area contributed by atoms with Crippen LogP contribution >= 0.6 is 0 Å². The van der Waals surface area contributed by atoms with E-state index in [1.54, 1.807) is 14.2 Å². The molecule has 0 bridgehead atoms. The van der Waals surface area contributed by atoms with Crippen molar-refractivity contribution in [3.8, 4) is 11.5 Å². The van der Waals surface area contributed by atoms with Gasteiger partial charge in [0.15, 0.2) is 11.5 Å². The molecule has 0 aromatic heterocycles. The maximum absolute atomic E-state index is 12.5. The van der Waals surface area contributed by atoms with Crippen LogP contribution in [0.5, 0.6) is 11.5 Å². The molecule has 134 valence electrons. The van der Waals surface area contributed by atoms with E-state index in [9.17, 15) is 4.79 Å². The Bertz CT molecular complexity index is 670. The number of benzene rings is 2. The fourth-order valence-corrected chi connectivity index (χ4v) is 2.81. The van der Waals surface area contributed by atoms with Crippen molar-refractivity contribution in [2.75, 3.05) is 27.3 Å². The summed E-state index contributed by atoms with van der Waals surface area (Å²) in [5.74, 6) is 1.59. The lowest BCUT2D eigenvalue weighted by atomic mass is 10.1. The number of ether oxygens (including phenoxy) is 2. The normalized spacial score (nSPS) is 10.4. The number of aryl methyl sites for hydroxylation is 1. The lowest BCUT2D eigenvalue weighted by molar-refractivity contribution is -0.130. The summed E-state index contributed by atoms with van der Waals surface area (Å²) >= 11 is 0. The number of methoxy groups -OCH3 is 2. The van der Waals surface area contributed by atoms with E-state index in [1.165, 1.54) is 5.56 Å². The van der Waals surface area contributed by atoms with Crippen LogP contribution in [-0.4, -0.2) is 38.1 Å². The van der Waals surface area contributed by atoms with Gasteiger partial charge in [-0.15, -0.1) is 0 Å². The molecule has 0 atom stereocenters. The molecule has 0 radical (unpaired) electrons. The van der Waals surface area contributed by atoms with Crippen LogP contribution in [0.15, 0.2) is 48.5 Å². The molecule has 0 N–H and O–H groups in total. The molecule has 0 saturated heterocycles. The molecule has 1 amide bonds. The summed E-state index contributed by atoms with van der Waals surface area (Å²) in [4.78, 5) is 14.4. The van der Waals surface area contributed by atoms with Gasteiger partial charge in [-0.2, -0.15) is 0 Å². The molecule has 0 unspecified atom stereocenters. The Balaban J connectivity index is 1.89. The van der Waals surface area contributed by atoms with Crippen LogP contribution in [-0.2, 0) is 17.6 Å². The molecule has 0 heterocycles. The minimum absolute atomic E-state index is 0.188. The fraction of sp³-hybridized carbons (Fsp3) is 0.381. The molecule has 2 rings (SSSR count). The topological polar surface area (TPSA) is 38.8 Å². The molecular formula is C21H27NO3. The van der Waals surface area contributed by atoms with E-state index in [0.29, 0.717) is 24.3 Å². The van der Waals surface area contributed by atoms with Crippen LogP contribution in [0.2, 0.25) is 0 Å². The third-order valence-electron chi connectivity index (χ3n) is 4.32. The number of amides is 1. The number of hydrogen-bond acceptors (Lipinski definition) is 3. The molecule has 0 fully saturated rings. The van der Waals surface area contributed by atoms with Gasteiger partial charge in [-0.3, -0.25) is 4.79 Å². The lowest BCUT2D eigenvalue weighted by Gasteiger charge is -2.21. The zero-order chi connectivity index (χ0) is 18.1. The predicted molar refractivity (Wildman–Crippen MR) is 100 cm³/mol. The Hall–Kier alpha value is -2.49. The summed E-state index contributed by atoms with van der Waals surface area (Å²) in [6.07, 6.45) is 2.08. The first-order valence-corrected chi connectivity index (χ1v) is 8.70. The molecule has 2 aromatic carbocycles. The van der Waals surface area contributed by atoms with E-state index in [4.69, 9.17) is 9.47 Å². The number of carbonyl (C=O) groups is 1. The van der Waals surface area contributed by atoms with Crippen LogP contribution in [0, 0.1) is 0 Å². The second-order valence-electron chi connectivity index (χ2n) is 5.90. The summed E-state index contributed by atoms with van der Waals surface area (Å²) in [5, 5.41) is 0. The van der Waals surface area contributed by atoms with Gasteiger partial charge in [0.25, 0.3) is 0 Å². The molecule has 4 heteroatoms. The van der Waals surface area contributed by atoms with Gasteiger partial charge in [-0.1, -0.05) is 36.4 Å². The summed E-state index contributed by atoms with van der Waals surface area (Å²) in [6.45, 7) is 3.52. The van der Waals surface area contributed by atoms with Crippen molar-refractivity contribution in [1.29, 1.82) is 0 Å². The standard InChI is InChI=1S/C21H27NO3/c1-4-22(15-14-17-8-6-5-7-9-17)21(23)13-11-18-10-12-19(24-2)20(16-18)25-3/h5-10,12,16H,4,11,13-15H2,1-3H3. The van der Waals surface area contributed by atoms with Crippen LogP contribution in [0.25, 0.3) is 0 Å². The average molecular weight is 341 g/mol. The van der Waals surface area contributed by atoms with Gasteiger partial charge in [-0.05, 0) is 43.0 Å². The second-order valence-corrected chi connectivity index (χ2v) is 5.90. The molecule has 0 aliphatic carbocycles. The predicted octanol–water partition coefficient (Wildman–Crippen LogP) is 3.73. The number of carbonyl (C=O) groups excluding carboxylic acids is 1. The van der Waals surface area contributed by atoms with Crippen LogP contribution in [0.4, 0.5) is 0 Å². The summed E-state index contributed by atoms with van der Waals surface area (Å²) in [6, 6.07) is 16.1. The van der Waals surface area contributed by atoms with Gasteiger partial charge in [0.1, 0.15) is 0 Å². The first kappa shape index (κ1) is 18.8. The monoisotopic (exact) mass is 341 g/mol. The van der Waals surface area contributed by atoms with Crippen molar-refractivity contribution >= 4 is 5.91 Å². The number of likely N-dealkylation sites (N-methyl/N-ethyl adjacent to an activating group) is 1. The van der Waals surface area contributed by atoms with E-state index < -0.39 is 0 Å². The third kappa shape index (κ3) is 5.52. The van der Waals surface area contributed by atoms with Crippen molar-refractivity contribution in [3.05, 3.63) is 59.7 Å². The Morgan fingerprint density at radius 3 is 2.28 bits per heavy atom. The van der Waals surface area contributed by atoms with E-state index in [0.717, 1.165) is 25.1 Å². The largest absolute Gasteiger partial charge is 0.493 e. The van der Waals surface area contributed by atoms with Crippen molar-refractivity contribution in [2.45, 2.75) is 26.2 Å². The first-order valence-electron chi connectivity index (χ1n) is 8.70. The Labute approximate surface area is 150 Å². The molecule has 0 aliphatic heterocycles.